The third-order valence-corrected chi connectivity index (χ3v) is 4.08. The summed E-state index contributed by atoms with van der Waals surface area (Å²) in [5.41, 5.74) is 2.78. The highest BCUT2D eigenvalue weighted by Crippen LogP contribution is 2.21. The van der Waals surface area contributed by atoms with Crippen LogP contribution in [0.15, 0.2) is 18.2 Å². The summed E-state index contributed by atoms with van der Waals surface area (Å²) in [4.78, 5) is 12.4. The number of likely N-dealkylation sites (N-methyl/N-ethyl adjacent to an activating group) is 1. The van der Waals surface area contributed by atoms with Crippen molar-refractivity contribution in [1.82, 2.24) is 10.6 Å². The van der Waals surface area contributed by atoms with Crippen LogP contribution in [-0.4, -0.2) is 31.1 Å². The van der Waals surface area contributed by atoms with E-state index in [4.69, 9.17) is 0 Å². The molecule has 0 saturated carbocycles. The van der Waals surface area contributed by atoms with Gasteiger partial charge in [0.25, 0.3) is 5.91 Å². The van der Waals surface area contributed by atoms with E-state index >= 15 is 0 Å². The molecule has 22 heavy (non-hydrogen) atoms. The van der Waals surface area contributed by atoms with Crippen LogP contribution in [0.5, 0.6) is 0 Å². The monoisotopic (exact) mass is 305 g/mol. The van der Waals surface area contributed by atoms with Crippen LogP contribution in [0, 0.1) is 12.8 Å². The lowest BCUT2D eigenvalue weighted by atomic mass is 10.0. The van der Waals surface area contributed by atoms with E-state index in [1.165, 1.54) is 0 Å². The van der Waals surface area contributed by atoms with Gasteiger partial charge < -0.3 is 16.0 Å². The molecule has 0 aliphatic rings. The molecule has 0 spiro atoms. The summed E-state index contributed by atoms with van der Waals surface area (Å²) in [6, 6.07) is 6.49. The van der Waals surface area contributed by atoms with Crippen molar-refractivity contribution < 1.29 is 4.79 Å². The van der Waals surface area contributed by atoms with Crippen LogP contribution in [0.3, 0.4) is 0 Å². The minimum Gasteiger partial charge on any atom is -0.382 e. The van der Waals surface area contributed by atoms with Gasteiger partial charge in [0, 0.05) is 29.9 Å². The van der Waals surface area contributed by atoms with Crippen molar-refractivity contribution in [3.63, 3.8) is 0 Å². The second kappa shape index (κ2) is 8.79. The molecule has 0 fully saturated rings. The normalized spacial score (nSPS) is 13.8. The number of amides is 1. The van der Waals surface area contributed by atoms with Crippen LogP contribution >= 0.6 is 0 Å². The second-order valence-corrected chi connectivity index (χ2v) is 6.32. The molecule has 124 valence electrons. The van der Waals surface area contributed by atoms with Crippen molar-refractivity contribution in [3.8, 4) is 0 Å². The Morgan fingerprint density at radius 3 is 2.45 bits per heavy atom. The largest absolute Gasteiger partial charge is 0.382 e. The van der Waals surface area contributed by atoms with Gasteiger partial charge in [0.05, 0.1) is 0 Å². The number of hydrogen-bond acceptors (Lipinski definition) is 3. The number of carbonyl (C=O) groups is 1. The maximum absolute atomic E-state index is 12.4. The fraction of sp³-hybridized carbons (Fsp3) is 0.611. The zero-order valence-corrected chi connectivity index (χ0v) is 14.8. The zero-order chi connectivity index (χ0) is 16.7. The molecular formula is C18H31N3O. The van der Waals surface area contributed by atoms with Crippen LogP contribution < -0.4 is 16.0 Å². The average Bonchev–Trinajstić information content (AvgIpc) is 2.47. The second-order valence-electron chi connectivity index (χ2n) is 6.32. The predicted molar refractivity (Wildman–Crippen MR) is 94.6 cm³/mol. The molecule has 1 aromatic carbocycles. The molecule has 0 heterocycles. The zero-order valence-electron chi connectivity index (χ0n) is 14.8. The molecule has 0 radical (unpaired) electrons. The topological polar surface area (TPSA) is 53.2 Å². The lowest BCUT2D eigenvalue weighted by Gasteiger charge is -2.21. The Balaban J connectivity index is 2.77. The van der Waals surface area contributed by atoms with Crippen LogP contribution in [0.4, 0.5) is 5.69 Å². The van der Waals surface area contributed by atoms with Crippen molar-refractivity contribution in [2.75, 3.05) is 18.4 Å². The standard InChI is InChI=1S/C18H31N3O/c1-7-19-13(4)11-20-18(22)16-9-8-10-17(14(16)5)21-15(6)12(2)3/h8-10,12-13,15,19,21H,7,11H2,1-6H3,(H,20,22)/t13-,15?/m1/s1. The average molecular weight is 305 g/mol. The van der Waals surface area contributed by atoms with Gasteiger partial charge >= 0.3 is 0 Å². The van der Waals surface area contributed by atoms with Gasteiger partial charge in [0.15, 0.2) is 0 Å². The Bertz CT molecular complexity index is 485. The van der Waals surface area contributed by atoms with E-state index in [2.05, 4.69) is 50.6 Å². The molecule has 0 aromatic heterocycles. The smallest absolute Gasteiger partial charge is 0.251 e. The number of nitrogens with one attached hydrogen (secondary N) is 3. The Labute approximate surface area is 135 Å². The van der Waals surface area contributed by atoms with E-state index < -0.39 is 0 Å². The van der Waals surface area contributed by atoms with Gasteiger partial charge in [-0.3, -0.25) is 4.79 Å². The summed E-state index contributed by atoms with van der Waals surface area (Å²) < 4.78 is 0. The molecule has 1 aromatic rings. The Morgan fingerprint density at radius 2 is 1.86 bits per heavy atom. The first-order valence-electron chi connectivity index (χ1n) is 8.24. The lowest BCUT2D eigenvalue weighted by molar-refractivity contribution is 0.0949. The minimum absolute atomic E-state index is 0.0110. The van der Waals surface area contributed by atoms with Crippen molar-refractivity contribution in [2.24, 2.45) is 5.92 Å². The maximum Gasteiger partial charge on any atom is 0.251 e. The molecular weight excluding hydrogens is 274 g/mol. The van der Waals surface area contributed by atoms with E-state index in [1.54, 1.807) is 0 Å². The SMILES string of the molecule is CCN[C@H](C)CNC(=O)c1cccc(NC(C)C(C)C)c1C. The first-order chi connectivity index (χ1) is 10.4. The van der Waals surface area contributed by atoms with Gasteiger partial charge in [-0.1, -0.05) is 26.8 Å². The van der Waals surface area contributed by atoms with Crippen molar-refractivity contribution >= 4 is 11.6 Å². The summed E-state index contributed by atoms with van der Waals surface area (Å²) in [7, 11) is 0. The predicted octanol–water partition coefficient (Wildman–Crippen LogP) is 3.18. The first kappa shape index (κ1) is 18.5. The van der Waals surface area contributed by atoms with E-state index in [-0.39, 0.29) is 11.9 Å². The number of anilines is 1. The first-order valence-corrected chi connectivity index (χ1v) is 8.24. The molecule has 4 nitrogen and oxygen atoms in total. The Kier molecular flexibility index (Phi) is 7.39. The molecule has 3 N–H and O–H groups in total. The summed E-state index contributed by atoms with van der Waals surface area (Å²) in [5.74, 6) is 0.529. The fourth-order valence-electron chi connectivity index (χ4n) is 2.21. The maximum atomic E-state index is 12.4. The van der Waals surface area contributed by atoms with E-state index in [1.807, 2.05) is 25.1 Å². The summed E-state index contributed by atoms with van der Waals surface area (Å²) in [6.07, 6.45) is 0. The highest BCUT2D eigenvalue weighted by atomic mass is 16.1. The van der Waals surface area contributed by atoms with Gasteiger partial charge in [-0.2, -0.15) is 0 Å². The van der Waals surface area contributed by atoms with Crippen molar-refractivity contribution in [1.29, 1.82) is 0 Å². The number of rotatable bonds is 8. The van der Waals surface area contributed by atoms with Gasteiger partial charge in [0.1, 0.15) is 0 Å². The molecule has 1 rings (SSSR count). The summed E-state index contributed by atoms with van der Waals surface area (Å²) in [5, 5.41) is 9.79. The van der Waals surface area contributed by atoms with E-state index in [0.717, 1.165) is 23.4 Å². The molecule has 1 unspecified atom stereocenters. The molecule has 0 bridgehead atoms. The van der Waals surface area contributed by atoms with Gasteiger partial charge in [-0.25, -0.2) is 0 Å². The fourth-order valence-corrected chi connectivity index (χ4v) is 2.21. The highest BCUT2D eigenvalue weighted by molar-refractivity contribution is 5.97. The number of hydrogen-bond donors (Lipinski definition) is 3. The van der Waals surface area contributed by atoms with Gasteiger partial charge in [-0.05, 0) is 50.9 Å². The van der Waals surface area contributed by atoms with Crippen molar-refractivity contribution in [3.05, 3.63) is 29.3 Å². The van der Waals surface area contributed by atoms with Gasteiger partial charge in [0.2, 0.25) is 0 Å². The van der Waals surface area contributed by atoms with Crippen LogP contribution in [0.2, 0.25) is 0 Å². The lowest BCUT2D eigenvalue weighted by Crippen LogP contribution is -2.39. The summed E-state index contributed by atoms with van der Waals surface area (Å²) >= 11 is 0. The van der Waals surface area contributed by atoms with E-state index in [9.17, 15) is 4.79 Å². The van der Waals surface area contributed by atoms with Crippen molar-refractivity contribution in [2.45, 2.75) is 53.6 Å². The third kappa shape index (κ3) is 5.34. The third-order valence-electron chi connectivity index (χ3n) is 4.08. The molecule has 4 heteroatoms. The quantitative estimate of drug-likeness (QED) is 0.691. The number of benzene rings is 1. The van der Waals surface area contributed by atoms with Crippen LogP contribution in [-0.2, 0) is 0 Å². The van der Waals surface area contributed by atoms with Crippen LogP contribution in [0.1, 0.15) is 50.5 Å². The van der Waals surface area contributed by atoms with E-state index in [0.29, 0.717) is 18.5 Å². The molecule has 1 amide bonds. The molecule has 0 aliphatic carbocycles. The molecule has 2 atom stereocenters. The Morgan fingerprint density at radius 1 is 1.18 bits per heavy atom. The van der Waals surface area contributed by atoms with Crippen LogP contribution in [0.25, 0.3) is 0 Å². The Hall–Kier alpha value is -1.55. The molecule has 0 saturated heterocycles. The van der Waals surface area contributed by atoms with Gasteiger partial charge in [-0.15, -0.1) is 0 Å². The summed E-state index contributed by atoms with van der Waals surface area (Å²) in [6.45, 7) is 14.2. The molecule has 0 aliphatic heterocycles. The minimum atomic E-state index is -0.0110. The number of carbonyl (C=O) groups excluding carboxylic acids is 1. The highest BCUT2D eigenvalue weighted by Gasteiger charge is 2.14.